The van der Waals surface area contributed by atoms with Gasteiger partial charge in [-0.05, 0) is 24.5 Å². The molecule has 0 aromatic rings. The molecule has 0 bridgehead atoms. The number of thioether (sulfide) groups is 1. The van der Waals surface area contributed by atoms with Crippen molar-refractivity contribution in [1.82, 2.24) is 5.32 Å². The Labute approximate surface area is 105 Å². The van der Waals surface area contributed by atoms with E-state index in [0.29, 0.717) is 0 Å². The van der Waals surface area contributed by atoms with Crippen molar-refractivity contribution in [3.8, 4) is 0 Å². The summed E-state index contributed by atoms with van der Waals surface area (Å²) in [6.45, 7) is 0. The highest BCUT2D eigenvalue weighted by molar-refractivity contribution is 8.04. The number of nitrogens with zero attached hydrogens (tertiary/aromatic N) is 1. The molecule has 0 amide bonds. The molecule has 2 heterocycles. The molecular formula is C13H15N3S. The number of allylic oxidation sites excluding steroid dienone is 3. The summed E-state index contributed by atoms with van der Waals surface area (Å²) in [7, 11) is 0. The molecule has 1 saturated heterocycles. The zero-order chi connectivity index (χ0) is 11.7. The van der Waals surface area contributed by atoms with Gasteiger partial charge in [-0.1, -0.05) is 18.2 Å². The summed E-state index contributed by atoms with van der Waals surface area (Å²) >= 11 is 1.81. The summed E-state index contributed by atoms with van der Waals surface area (Å²) in [4.78, 5) is 5.48. The molecule has 3 rings (SSSR count). The van der Waals surface area contributed by atoms with E-state index in [1.165, 1.54) is 10.5 Å². The first-order valence-electron chi connectivity index (χ1n) is 5.83. The number of rotatable bonds is 1. The molecule has 3 nitrogen and oxygen atoms in total. The minimum atomic E-state index is 0.265. The molecule has 4 heteroatoms. The number of fused-ring (bicyclic) bond motifs is 1. The molecule has 1 aliphatic carbocycles. The van der Waals surface area contributed by atoms with Gasteiger partial charge in [0.05, 0.1) is 11.4 Å². The van der Waals surface area contributed by atoms with Crippen LogP contribution in [0.15, 0.2) is 51.7 Å². The fourth-order valence-corrected chi connectivity index (χ4v) is 3.46. The second-order valence-corrected chi connectivity index (χ2v) is 5.43. The summed E-state index contributed by atoms with van der Waals surface area (Å²) in [5, 5.41) is 3.84. The second-order valence-electron chi connectivity index (χ2n) is 4.25. The second kappa shape index (κ2) is 4.55. The van der Waals surface area contributed by atoms with Gasteiger partial charge in [0.2, 0.25) is 0 Å². The van der Waals surface area contributed by atoms with Crippen molar-refractivity contribution >= 4 is 18.0 Å². The van der Waals surface area contributed by atoms with E-state index in [9.17, 15) is 0 Å². The molecule has 2 unspecified atom stereocenters. The third-order valence-corrected chi connectivity index (χ3v) is 4.34. The Kier molecular flexibility index (Phi) is 2.91. The lowest BCUT2D eigenvalue weighted by molar-refractivity contribution is 0.703. The third-order valence-electron chi connectivity index (χ3n) is 3.08. The van der Waals surface area contributed by atoms with Gasteiger partial charge in [-0.25, -0.2) is 0 Å². The average Bonchev–Trinajstić information content (AvgIpc) is 2.61. The highest BCUT2D eigenvalue weighted by Crippen LogP contribution is 2.38. The number of aliphatic imine (C=N–C) groups is 1. The molecule has 0 aromatic carbocycles. The van der Waals surface area contributed by atoms with Crippen molar-refractivity contribution in [1.29, 1.82) is 0 Å². The first-order valence-corrected chi connectivity index (χ1v) is 6.71. The van der Waals surface area contributed by atoms with Crippen LogP contribution in [0.25, 0.3) is 0 Å². The number of nitrogens with two attached hydrogens (primary N) is 1. The van der Waals surface area contributed by atoms with Crippen LogP contribution in [0.2, 0.25) is 0 Å². The van der Waals surface area contributed by atoms with Crippen LogP contribution in [-0.2, 0) is 0 Å². The van der Waals surface area contributed by atoms with E-state index in [1.807, 2.05) is 30.3 Å². The fourth-order valence-electron chi connectivity index (χ4n) is 2.20. The Morgan fingerprint density at radius 2 is 2.24 bits per heavy atom. The Balaban J connectivity index is 1.83. The van der Waals surface area contributed by atoms with Crippen LogP contribution < -0.4 is 11.1 Å². The smallest absolute Gasteiger partial charge is 0.0858 e. The number of nitrogens with one attached hydrogen (secondary N) is 1. The SMILES string of the molecule is NC1=CCCC=C1C1NC2C=CC=NC=C2S1. The van der Waals surface area contributed by atoms with Crippen molar-refractivity contribution in [2.24, 2.45) is 10.7 Å². The summed E-state index contributed by atoms with van der Waals surface area (Å²) in [6.07, 6.45) is 14.4. The maximum Gasteiger partial charge on any atom is 0.0858 e. The van der Waals surface area contributed by atoms with Crippen LogP contribution in [0.4, 0.5) is 0 Å². The van der Waals surface area contributed by atoms with Crippen LogP contribution >= 0.6 is 11.8 Å². The maximum absolute atomic E-state index is 6.05. The van der Waals surface area contributed by atoms with E-state index in [1.54, 1.807) is 0 Å². The van der Waals surface area contributed by atoms with Gasteiger partial charge < -0.3 is 5.73 Å². The van der Waals surface area contributed by atoms with Crippen LogP contribution in [0.1, 0.15) is 12.8 Å². The van der Waals surface area contributed by atoms with E-state index in [-0.39, 0.29) is 11.4 Å². The zero-order valence-corrected chi connectivity index (χ0v) is 10.3. The van der Waals surface area contributed by atoms with Crippen molar-refractivity contribution in [3.05, 3.63) is 46.7 Å². The van der Waals surface area contributed by atoms with Crippen molar-refractivity contribution in [2.75, 3.05) is 0 Å². The quantitative estimate of drug-likeness (QED) is 0.743. The fraction of sp³-hybridized carbons (Fsp3) is 0.308. The Morgan fingerprint density at radius 1 is 1.35 bits per heavy atom. The molecule has 0 spiro atoms. The Bertz CT molecular complexity index is 471. The van der Waals surface area contributed by atoms with Gasteiger partial charge in [0.25, 0.3) is 0 Å². The van der Waals surface area contributed by atoms with Crippen molar-refractivity contribution < 1.29 is 0 Å². The molecule has 1 fully saturated rings. The standard InChI is InChI=1S/C13H15N3S/c14-10-5-2-1-4-9(10)13-16-11-6-3-7-15-8-12(11)17-13/h3-8,11,13,16H,1-2,14H2. The van der Waals surface area contributed by atoms with Crippen molar-refractivity contribution in [2.45, 2.75) is 24.3 Å². The summed E-state index contributed by atoms with van der Waals surface area (Å²) < 4.78 is 0. The van der Waals surface area contributed by atoms with Crippen molar-refractivity contribution in [3.63, 3.8) is 0 Å². The molecule has 2 aliphatic heterocycles. The van der Waals surface area contributed by atoms with Crippen LogP contribution in [0, 0.1) is 0 Å². The molecule has 17 heavy (non-hydrogen) atoms. The first kappa shape index (κ1) is 10.9. The molecule has 0 radical (unpaired) electrons. The number of hydrogen-bond acceptors (Lipinski definition) is 4. The summed E-state index contributed by atoms with van der Waals surface area (Å²) in [6, 6.07) is 0.281. The normalized spacial score (nSPS) is 31.4. The molecule has 3 N–H and O–H groups in total. The van der Waals surface area contributed by atoms with Gasteiger partial charge in [-0.15, -0.1) is 11.8 Å². The molecule has 0 aromatic heterocycles. The molecule has 3 aliphatic rings. The predicted molar refractivity (Wildman–Crippen MR) is 73.6 cm³/mol. The van der Waals surface area contributed by atoms with Gasteiger partial charge in [0.1, 0.15) is 0 Å². The summed E-state index contributed by atoms with van der Waals surface area (Å²) in [5.74, 6) is 0. The molecular weight excluding hydrogens is 230 g/mol. The minimum absolute atomic E-state index is 0.265. The van der Waals surface area contributed by atoms with E-state index in [4.69, 9.17) is 5.73 Å². The van der Waals surface area contributed by atoms with Gasteiger partial charge in [0, 0.05) is 23.0 Å². The van der Waals surface area contributed by atoms with E-state index in [0.717, 1.165) is 18.5 Å². The molecule has 2 atom stereocenters. The first-order chi connectivity index (χ1) is 8.34. The average molecular weight is 245 g/mol. The van der Waals surface area contributed by atoms with Crippen LogP contribution in [0.3, 0.4) is 0 Å². The lowest BCUT2D eigenvalue weighted by Gasteiger charge is -2.18. The van der Waals surface area contributed by atoms with Crippen LogP contribution in [0.5, 0.6) is 0 Å². The lowest BCUT2D eigenvalue weighted by Crippen LogP contribution is -2.31. The zero-order valence-electron chi connectivity index (χ0n) is 9.47. The van der Waals surface area contributed by atoms with Gasteiger partial charge in [-0.3, -0.25) is 10.3 Å². The Hall–Kier alpha value is -1.26. The lowest BCUT2D eigenvalue weighted by atomic mass is 10.0. The summed E-state index contributed by atoms with van der Waals surface area (Å²) in [5.41, 5.74) is 8.20. The Morgan fingerprint density at radius 3 is 3.12 bits per heavy atom. The highest BCUT2D eigenvalue weighted by atomic mass is 32.2. The maximum atomic E-state index is 6.05. The van der Waals surface area contributed by atoms with Gasteiger partial charge in [0.15, 0.2) is 0 Å². The predicted octanol–water partition coefficient (Wildman–Crippen LogP) is 2.06. The third kappa shape index (κ3) is 2.10. The minimum Gasteiger partial charge on any atom is -0.399 e. The van der Waals surface area contributed by atoms with Gasteiger partial charge in [-0.2, -0.15) is 0 Å². The molecule has 88 valence electrons. The monoisotopic (exact) mass is 245 g/mol. The van der Waals surface area contributed by atoms with Crippen LogP contribution in [-0.4, -0.2) is 17.6 Å². The largest absolute Gasteiger partial charge is 0.399 e. The number of hydrogen-bond donors (Lipinski definition) is 2. The molecule has 0 saturated carbocycles. The van der Waals surface area contributed by atoms with E-state index in [2.05, 4.69) is 28.5 Å². The van der Waals surface area contributed by atoms with E-state index >= 15 is 0 Å². The van der Waals surface area contributed by atoms with E-state index < -0.39 is 0 Å². The topological polar surface area (TPSA) is 50.4 Å². The van der Waals surface area contributed by atoms with Gasteiger partial charge >= 0.3 is 0 Å². The highest BCUT2D eigenvalue weighted by Gasteiger charge is 2.31.